The van der Waals surface area contributed by atoms with Crippen molar-refractivity contribution >= 4 is 26.7 Å². The highest BCUT2D eigenvalue weighted by molar-refractivity contribution is 7.80. The maximum atomic E-state index is 11.4. The number of aliphatic hydroxyl groups excluding tert-OH is 1. The van der Waals surface area contributed by atoms with Gasteiger partial charge in [-0.2, -0.15) is 0 Å². The van der Waals surface area contributed by atoms with E-state index in [1.807, 2.05) is 37.3 Å². The van der Waals surface area contributed by atoms with Crippen LogP contribution in [0, 0.1) is 6.92 Å². The zero-order chi connectivity index (χ0) is 19.5. The Hall–Kier alpha value is -1.56. The van der Waals surface area contributed by atoms with E-state index in [0.29, 0.717) is 5.75 Å². The third-order valence-electron chi connectivity index (χ3n) is 4.46. The molecule has 0 amide bonds. The summed E-state index contributed by atoms with van der Waals surface area (Å²) in [6.07, 6.45) is 0.945. The Labute approximate surface area is 162 Å². The van der Waals surface area contributed by atoms with Crippen molar-refractivity contribution in [3.8, 4) is 16.9 Å². The molecule has 0 aliphatic heterocycles. The molecule has 0 aliphatic rings. The second kappa shape index (κ2) is 8.42. The number of carbonyl (C=O) groups is 1. The second-order valence-corrected chi connectivity index (χ2v) is 14.0. The van der Waals surface area contributed by atoms with Crippen molar-refractivity contribution in [2.24, 2.45) is 0 Å². The van der Waals surface area contributed by atoms with Gasteiger partial charge in [-0.3, -0.25) is 4.79 Å². The number of thiol groups is 1. The van der Waals surface area contributed by atoms with Crippen molar-refractivity contribution < 1.29 is 14.6 Å². The summed E-state index contributed by atoms with van der Waals surface area (Å²) >= 11 is 4.63. The zero-order valence-electron chi connectivity index (χ0n) is 16.2. The van der Waals surface area contributed by atoms with Crippen molar-refractivity contribution in [3.63, 3.8) is 0 Å². The van der Waals surface area contributed by atoms with E-state index < -0.39 is 8.07 Å². The van der Waals surface area contributed by atoms with Gasteiger partial charge in [-0.05, 0) is 53.3 Å². The number of esters is 1. The van der Waals surface area contributed by atoms with Crippen molar-refractivity contribution in [2.45, 2.75) is 57.5 Å². The summed E-state index contributed by atoms with van der Waals surface area (Å²) in [5.74, 6) is 0.318. The van der Waals surface area contributed by atoms with Crippen molar-refractivity contribution in [1.29, 1.82) is 0 Å². The molecule has 140 valence electrons. The van der Waals surface area contributed by atoms with Gasteiger partial charge in [0, 0.05) is 19.9 Å². The van der Waals surface area contributed by atoms with Crippen LogP contribution in [0.2, 0.25) is 25.7 Å². The molecule has 5 heteroatoms. The monoisotopic (exact) mass is 388 g/mol. The van der Waals surface area contributed by atoms with Crippen LogP contribution in [0.5, 0.6) is 5.75 Å². The minimum absolute atomic E-state index is 0.000733. The normalized spacial score (nSPS) is 11.5. The van der Waals surface area contributed by atoms with Crippen LogP contribution in [-0.4, -0.2) is 19.1 Å². The van der Waals surface area contributed by atoms with Gasteiger partial charge in [0.15, 0.2) is 0 Å². The molecule has 2 aromatic carbocycles. The Balaban J connectivity index is 2.57. The highest BCUT2D eigenvalue weighted by atomic mass is 32.1. The lowest BCUT2D eigenvalue weighted by Gasteiger charge is -2.21. The molecule has 26 heavy (non-hydrogen) atoms. The quantitative estimate of drug-likeness (QED) is 0.307. The Morgan fingerprint density at radius 3 is 2.35 bits per heavy atom. The fraction of sp³-hybridized carbons (Fsp3) is 0.381. The van der Waals surface area contributed by atoms with Gasteiger partial charge in [0.2, 0.25) is 0 Å². The van der Waals surface area contributed by atoms with E-state index in [1.54, 1.807) is 0 Å². The number of rotatable bonds is 6. The lowest BCUT2D eigenvalue weighted by molar-refractivity contribution is -0.131. The summed E-state index contributed by atoms with van der Waals surface area (Å²) in [7, 11) is -1.22. The van der Waals surface area contributed by atoms with Crippen LogP contribution in [0.15, 0.2) is 35.2 Å². The average Bonchev–Trinajstić information content (AvgIpc) is 2.54. The fourth-order valence-corrected chi connectivity index (χ4v) is 4.34. The lowest BCUT2D eigenvalue weighted by atomic mass is 9.93. The van der Waals surface area contributed by atoms with E-state index in [2.05, 4.69) is 32.3 Å². The lowest BCUT2D eigenvalue weighted by Crippen LogP contribution is -2.20. The minimum Gasteiger partial charge on any atom is -0.426 e. The topological polar surface area (TPSA) is 46.5 Å². The first kappa shape index (κ1) is 20.7. The van der Waals surface area contributed by atoms with E-state index >= 15 is 0 Å². The molecule has 0 saturated carbocycles. The second-order valence-electron chi connectivity index (χ2n) is 7.88. The average molecular weight is 389 g/mol. The first-order valence-electron chi connectivity index (χ1n) is 8.86. The van der Waals surface area contributed by atoms with Crippen molar-refractivity contribution in [1.82, 2.24) is 0 Å². The Bertz CT molecular complexity index is 810. The van der Waals surface area contributed by atoms with Crippen molar-refractivity contribution in [2.75, 3.05) is 0 Å². The maximum absolute atomic E-state index is 11.4. The van der Waals surface area contributed by atoms with Crippen LogP contribution in [0.3, 0.4) is 0 Å². The number of ether oxygens (including phenoxy) is 1. The largest absolute Gasteiger partial charge is 0.426 e. The molecule has 0 aromatic heterocycles. The van der Waals surface area contributed by atoms with E-state index in [9.17, 15) is 9.90 Å². The number of hydrogen-bond acceptors (Lipinski definition) is 4. The van der Waals surface area contributed by atoms with Gasteiger partial charge in [0.1, 0.15) is 5.75 Å². The van der Waals surface area contributed by atoms with Crippen LogP contribution in [0.25, 0.3) is 11.1 Å². The standard InChI is InChI=1S/C21H28O3SSi/c1-14-17(10-11-26(3,4)5)18(8-9-20(14)24-15(2)23)19-7-6-16(13-22)12-21(19)25/h6-9,12,22,25H,10-11,13H2,1-5H3. The SMILES string of the molecule is CC(=O)Oc1ccc(-c2ccc(CO)cc2S)c(CC[Si](C)(C)C)c1C. The predicted molar refractivity (Wildman–Crippen MR) is 113 cm³/mol. The first-order chi connectivity index (χ1) is 12.1. The molecule has 0 fully saturated rings. The summed E-state index contributed by atoms with van der Waals surface area (Å²) in [4.78, 5) is 12.3. The first-order valence-corrected chi connectivity index (χ1v) is 13.0. The molecular weight excluding hydrogens is 360 g/mol. The Morgan fingerprint density at radius 1 is 1.15 bits per heavy atom. The summed E-state index contributed by atoms with van der Waals surface area (Å²) in [5, 5.41) is 9.34. The minimum atomic E-state index is -1.22. The summed E-state index contributed by atoms with van der Waals surface area (Å²) in [6.45, 7) is 10.5. The van der Waals surface area contributed by atoms with Crippen LogP contribution in [0.1, 0.15) is 23.6 Å². The van der Waals surface area contributed by atoms with Gasteiger partial charge in [-0.1, -0.05) is 43.9 Å². The van der Waals surface area contributed by atoms with E-state index in [4.69, 9.17) is 4.74 Å². The molecule has 0 heterocycles. The Morgan fingerprint density at radius 2 is 1.81 bits per heavy atom. The molecule has 0 unspecified atom stereocenters. The predicted octanol–water partition coefficient (Wildman–Crippen LogP) is 5.25. The summed E-state index contributed by atoms with van der Waals surface area (Å²) in [6, 6.07) is 10.9. The smallest absolute Gasteiger partial charge is 0.308 e. The van der Waals surface area contributed by atoms with Gasteiger partial charge in [0.25, 0.3) is 0 Å². The fourth-order valence-electron chi connectivity index (χ4n) is 2.98. The number of carbonyl (C=O) groups excluding carboxylic acids is 1. The highest BCUT2D eigenvalue weighted by Gasteiger charge is 2.19. The molecule has 0 saturated heterocycles. The molecule has 2 aromatic rings. The van der Waals surface area contributed by atoms with Crippen molar-refractivity contribution in [3.05, 3.63) is 47.0 Å². The van der Waals surface area contributed by atoms with Gasteiger partial charge in [-0.25, -0.2) is 0 Å². The molecule has 1 N–H and O–H groups in total. The van der Waals surface area contributed by atoms with Crippen LogP contribution < -0.4 is 4.74 Å². The van der Waals surface area contributed by atoms with Crippen LogP contribution in [0.4, 0.5) is 0 Å². The Kier molecular flexibility index (Phi) is 6.72. The molecule has 0 bridgehead atoms. The maximum Gasteiger partial charge on any atom is 0.308 e. The van der Waals surface area contributed by atoms with Gasteiger partial charge in [-0.15, -0.1) is 12.6 Å². The molecule has 0 radical (unpaired) electrons. The number of benzene rings is 2. The third kappa shape index (κ3) is 5.22. The zero-order valence-corrected chi connectivity index (χ0v) is 18.1. The summed E-state index contributed by atoms with van der Waals surface area (Å²) < 4.78 is 5.40. The van der Waals surface area contributed by atoms with Crippen LogP contribution >= 0.6 is 12.6 Å². The highest BCUT2D eigenvalue weighted by Crippen LogP contribution is 2.36. The van der Waals surface area contributed by atoms with E-state index in [0.717, 1.165) is 39.6 Å². The van der Waals surface area contributed by atoms with Gasteiger partial charge >= 0.3 is 5.97 Å². The molecular formula is C21H28O3SSi. The van der Waals surface area contributed by atoms with E-state index in [1.165, 1.54) is 12.5 Å². The molecule has 2 rings (SSSR count). The van der Waals surface area contributed by atoms with Gasteiger partial charge < -0.3 is 9.84 Å². The molecule has 0 atom stereocenters. The molecule has 3 nitrogen and oxygen atoms in total. The number of aliphatic hydroxyl groups is 1. The third-order valence-corrected chi connectivity index (χ3v) is 6.58. The summed E-state index contributed by atoms with van der Waals surface area (Å²) in [5.41, 5.74) is 5.21. The molecule has 0 aliphatic carbocycles. The van der Waals surface area contributed by atoms with E-state index in [-0.39, 0.29) is 12.6 Å². The van der Waals surface area contributed by atoms with Crippen LogP contribution in [-0.2, 0) is 17.8 Å². The molecule has 0 spiro atoms. The van der Waals surface area contributed by atoms with Gasteiger partial charge in [0.05, 0.1) is 6.61 Å². The number of hydrogen-bond donors (Lipinski definition) is 2.